The lowest BCUT2D eigenvalue weighted by Crippen LogP contribution is -2.28. The van der Waals surface area contributed by atoms with Crippen LogP contribution in [0.25, 0.3) is 0 Å². The summed E-state index contributed by atoms with van der Waals surface area (Å²) in [6.07, 6.45) is 0. The normalized spacial score (nSPS) is 12.4. The number of aromatic nitrogens is 4. The van der Waals surface area contributed by atoms with E-state index in [-0.39, 0.29) is 5.82 Å². The zero-order valence-electron chi connectivity index (χ0n) is 9.59. The summed E-state index contributed by atoms with van der Waals surface area (Å²) >= 11 is 0. The number of amides is 1. The zero-order valence-corrected chi connectivity index (χ0v) is 9.59. The number of nitrogens with one attached hydrogen (secondary N) is 1. The number of nitrogens with zero attached hydrogens (tertiary/aromatic N) is 4. The van der Waals surface area contributed by atoms with Gasteiger partial charge in [-0.1, -0.05) is 10.3 Å². The second kappa shape index (κ2) is 4.32. The number of hydrogen-bond acceptors (Lipinski definition) is 7. The molecule has 0 aliphatic carbocycles. The topological polar surface area (TPSA) is 107 Å². The minimum Gasteiger partial charge on any atom is -0.340 e. The van der Waals surface area contributed by atoms with Crippen LogP contribution in [0.4, 0.5) is 0 Å². The summed E-state index contributed by atoms with van der Waals surface area (Å²) in [5.74, 6) is 0.706. The highest BCUT2D eigenvalue weighted by molar-refractivity contribution is 5.90. The Morgan fingerprint density at radius 1 is 1.18 bits per heavy atom. The Bertz CT molecular complexity index is 532. The molecule has 0 saturated heterocycles. The van der Waals surface area contributed by atoms with Gasteiger partial charge >= 0.3 is 0 Å². The molecule has 8 heteroatoms. The van der Waals surface area contributed by atoms with Gasteiger partial charge in [-0.3, -0.25) is 4.79 Å². The van der Waals surface area contributed by atoms with E-state index in [1.54, 1.807) is 20.8 Å². The Balaban J connectivity index is 2.04. The van der Waals surface area contributed by atoms with Crippen molar-refractivity contribution >= 4 is 5.91 Å². The van der Waals surface area contributed by atoms with Crippen molar-refractivity contribution in [1.82, 2.24) is 25.6 Å². The minimum absolute atomic E-state index is 0.0189. The van der Waals surface area contributed by atoms with E-state index in [0.717, 1.165) is 0 Å². The van der Waals surface area contributed by atoms with E-state index in [1.165, 1.54) is 0 Å². The van der Waals surface area contributed by atoms with Crippen LogP contribution >= 0.6 is 0 Å². The maximum atomic E-state index is 11.7. The molecule has 0 saturated carbocycles. The molecule has 0 fully saturated rings. The van der Waals surface area contributed by atoms with Crippen LogP contribution in [0.15, 0.2) is 9.05 Å². The third-order valence-electron chi connectivity index (χ3n) is 2.01. The molecule has 0 aliphatic heterocycles. The molecular formula is C9H11N5O3. The second-order valence-corrected chi connectivity index (χ2v) is 3.50. The Labute approximate surface area is 96.4 Å². The summed E-state index contributed by atoms with van der Waals surface area (Å²) in [7, 11) is 0. The highest BCUT2D eigenvalue weighted by atomic mass is 16.5. The molecule has 2 aromatic rings. The van der Waals surface area contributed by atoms with Crippen LogP contribution in [0, 0.1) is 13.8 Å². The van der Waals surface area contributed by atoms with Crippen LogP contribution in [0.5, 0.6) is 0 Å². The van der Waals surface area contributed by atoms with E-state index in [4.69, 9.17) is 9.05 Å². The van der Waals surface area contributed by atoms with Crippen LogP contribution in [-0.4, -0.2) is 26.2 Å². The van der Waals surface area contributed by atoms with Gasteiger partial charge in [0.2, 0.25) is 11.8 Å². The molecule has 2 heterocycles. The smallest absolute Gasteiger partial charge is 0.293 e. The van der Waals surface area contributed by atoms with Crippen molar-refractivity contribution in [3.63, 3.8) is 0 Å². The summed E-state index contributed by atoms with van der Waals surface area (Å²) < 4.78 is 9.52. The van der Waals surface area contributed by atoms with Crippen LogP contribution in [-0.2, 0) is 0 Å². The van der Waals surface area contributed by atoms with Gasteiger partial charge in [0.1, 0.15) is 0 Å². The molecule has 0 unspecified atom stereocenters. The first kappa shape index (κ1) is 11.2. The van der Waals surface area contributed by atoms with E-state index in [9.17, 15) is 4.79 Å². The van der Waals surface area contributed by atoms with Gasteiger partial charge in [-0.25, -0.2) is 0 Å². The average Bonchev–Trinajstić information content (AvgIpc) is 2.87. The summed E-state index contributed by atoms with van der Waals surface area (Å²) in [5.41, 5.74) is 0. The quantitative estimate of drug-likeness (QED) is 0.830. The lowest BCUT2D eigenvalue weighted by molar-refractivity contribution is 0.0924. The third kappa shape index (κ3) is 2.47. The van der Waals surface area contributed by atoms with Gasteiger partial charge in [-0.2, -0.15) is 9.97 Å². The fourth-order valence-electron chi connectivity index (χ4n) is 1.21. The standard InChI is InChI=1S/C9H11N5O3/c1-4(7-11-5(2)16-13-7)10-9(15)8-12-6(3)17-14-8/h4H,1-3H3,(H,10,15)/t4-/m1/s1. The molecule has 1 atom stereocenters. The summed E-state index contributed by atoms with van der Waals surface area (Å²) in [6, 6.07) is -0.390. The van der Waals surface area contributed by atoms with Gasteiger partial charge in [0.05, 0.1) is 6.04 Å². The lowest BCUT2D eigenvalue weighted by Gasteiger charge is -2.06. The molecule has 0 radical (unpaired) electrons. The van der Waals surface area contributed by atoms with E-state index < -0.39 is 11.9 Å². The summed E-state index contributed by atoms with van der Waals surface area (Å²) in [6.45, 7) is 5.01. The van der Waals surface area contributed by atoms with Gasteiger partial charge < -0.3 is 14.4 Å². The zero-order chi connectivity index (χ0) is 12.4. The van der Waals surface area contributed by atoms with E-state index >= 15 is 0 Å². The molecule has 0 aliphatic rings. The van der Waals surface area contributed by atoms with Crippen LogP contribution in [0.2, 0.25) is 0 Å². The van der Waals surface area contributed by atoms with Crippen LogP contribution in [0.1, 0.15) is 41.2 Å². The molecule has 1 N–H and O–H groups in total. The van der Waals surface area contributed by atoms with Crippen molar-refractivity contribution in [2.75, 3.05) is 0 Å². The number of rotatable bonds is 3. The van der Waals surface area contributed by atoms with Crippen LogP contribution < -0.4 is 5.32 Å². The molecule has 0 bridgehead atoms. The van der Waals surface area contributed by atoms with Crippen molar-refractivity contribution in [3.05, 3.63) is 23.4 Å². The first-order valence-electron chi connectivity index (χ1n) is 4.97. The van der Waals surface area contributed by atoms with Gasteiger partial charge in [0.15, 0.2) is 5.82 Å². The number of carbonyl (C=O) groups excluding carboxylic acids is 1. The Morgan fingerprint density at radius 2 is 1.82 bits per heavy atom. The molecule has 2 aromatic heterocycles. The first-order valence-corrected chi connectivity index (χ1v) is 4.97. The first-order chi connectivity index (χ1) is 8.06. The van der Waals surface area contributed by atoms with Crippen molar-refractivity contribution < 1.29 is 13.8 Å². The highest BCUT2D eigenvalue weighted by Crippen LogP contribution is 2.08. The van der Waals surface area contributed by atoms with Crippen molar-refractivity contribution in [3.8, 4) is 0 Å². The van der Waals surface area contributed by atoms with Crippen molar-refractivity contribution in [2.45, 2.75) is 26.8 Å². The lowest BCUT2D eigenvalue weighted by atomic mass is 10.3. The highest BCUT2D eigenvalue weighted by Gasteiger charge is 2.19. The number of hydrogen-bond donors (Lipinski definition) is 1. The number of carbonyl (C=O) groups is 1. The van der Waals surface area contributed by atoms with E-state index in [0.29, 0.717) is 17.6 Å². The maximum absolute atomic E-state index is 11.7. The Morgan fingerprint density at radius 3 is 2.35 bits per heavy atom. The van der Waals surface area contributed by atoms with Gasteiger partial charge in [0.25, 0.3) is 11.7 Å². The van der Waals surface area contributed by atoms with Gasteiger partial charge in [-0.15, -0.1) is 0 Å². The van der Waals surface area contributed by atoms with Crippen molar-refractivity contribution in [1.29, 1.82) is 0 Å². The molecular weight excluding hydrogens is 226 g/mol. The molecule has 8 nitrogen and oxygen atoms in total. The molecule has 90 valence electrons. The van der Waals surface area contributed by atoms with E-state index in [1.807, 2.05) is 0 Å². The maximum Gasteiger partial charge on any atom is 0.293 e. The molecule has 2 rings (SSSR count). The summed E-state index contributed by atoms with van der Waals surface area (Å²) in [5, 5.41) is 9.84. The monoisotopic (exact) mass is 237 g/mol. The predicted octanol–water partition coefficient (Wildman–Crippen LogP) is 0.560. The average molecular weight is 237 g/mol. The second-order valence-electron chi connectivity index (χ2n) is 3.50. The summed E-state index contributed by atoms with van der Waals surface area (Å²) in [4.78, 5) is 19.5. The van der Waals surface area contributed by atoms with Crippen molar-refractivity contribution in [2.24, 2.45) is 0 Å². The van der Waals surface area contributed by atoms with Gasteiger partial charge in [0, 0.05) is 13.8 Å². The number of aryl methyl sites for hydroxylation is 2. The third-order valence-corrected chi connectivity index (χ3v) is 2.01. The Kier molecular flexibility index (Phi) is 2.86. The van der Waals surface area contributed by atoms with E-state index in [2.05, 4.69) is 25.6 Å². The minimum atomic E-state index is -0.447. The molecule has 1 amide bonds. The predicted molar refractivity (Wildman–Crippen MR) is 54.0 cm³/mol. The fourth-order valence-corrected chi connectivity index (χ4v) is 1.21. The van der Waals surface area contributed by atoms with Crippen LogP contribution in [0.3, 0.4) is 0 Å². The Hall–Kier alpha value is -2.25. The molecule has 0 spiro atoms. The fraction of sp³-hybridized carbons (Fsp3) is 0.444. The van der Waals surface area contributed by atoms with Gasteiger partial charge in [-0.05, 0) is 6.92 Å². The largest absolute Gasteiger partial charge is 0.340 e. The molecule has 17 heavy (non-hydrogen) atoms. The molecule has 0 aromatic carbocycles. The SMILES string of the molecule is Cc1nc(C(=O)N[C@H](C)c2noc(C)n2)no1.